The number of hydrogen-bond donors (Lipinski definition) is 1. The molecule has 0 amide bonds. The van der Waals surface area contributed by atoms with Crippen molar-refractivity contribution in [2.75, 3.05) is 19.7 Å². The Morgan fingerprint density at radius 3 is 2.53 bits per heavy atom. The number of benzene rings is 1. The zero-order valence-electron chi connectivity index (χ0n) is 19.6. The highest BCUT2D eigenvalue weighted by atomic mass is 16.5. The smallest absolute Gasteiger partial charge is 0.338 e. The van der Waals surface area contributed by atoms with E-state index in [1.165, 1.54) is 11.1 Å². The summed E-state index contributed by atoms with van der Waals surface area (Å²) < 4.78 is 13.7. The van der Waals surface area contributed by atoms with Crippen molar-refractivity contribution in [1.29, 1.82) is 0 Å². The van der Waals surface area contributed by atoms with E-state index in [1.807, 2.05) is 26.8 Å². The second-order valence-corrected chi connectivity index (χ2v) is 8.94. The zero-order chi connectivity index (χ0) is 23.0. The maximum absolute atomic E-state index is 13.0. The quantitative estimate of drug-likeness (QED) is 0.570. The van der Waals surface area contributed by atoms with Crippen molar-refractivity contribution in [1.82, 2.24) is 9.72 Å². The van der Waals surface area contributed by atoms with Crippen LogP contribution in [0.4, 0.5) is 0 Å². The van der Waals surface area contributed by atoms with Crippen molar-refractivity contribution < 1.29 is 14.3 Å². The molecule has 1 unspecified atom stereocenters. The first kappa shape index (κ1) is 22.3. The lowest BCUT2D eigenvalue weighted by molar-refractivity contribution is 0.0376. The van der Waals surface area contributed by atoms with Crippen LogP contribution in [-0.4, -0.2) is 42.3 Å². The summed E-state index contributed by atoms with van der Waals surface area (Å²) in [6.07, 6.45) is 1.72. The largest absolute Gasteiger partial charge is 0.459 e. The van der Waals surface area contributed by atoms with E-state index in [4.69, 9.17) is 9.47 Å². The number of aryl methyl sites for hydroxylation is 2. The van der Waals surface area contributed by atoms with Gasteiger partial charge in [0.2, 0.25) is 0 Å². The molecule has 1 fully saturated rings. The number of nitrogens with one attached hydrogen (secondary N) is 1. The molecule has 1 aliphatic heterocycles. The summed E-state index contributed by atoms with van der Waals surface area (Å²) in [4.78, 5) is 13.0. The first-order valence-electron chi connectivity index (χ1n) is 11.2. The molecular formula is C27H32N2O3. The minimum atomic E-state index is -0.315. The predicted octanol–water partition coefficient (Wildman–Crippen LogP) is 5.10. The van der Waals surface area contributed by atoms with Gasteiger partial charge in [0, 0.05) is 24.8 Å². The molecule has 1 atom stereocenters. The van der Waals surface area contributed by atoms with E-state index in [-0.39, 0.29) is 18.2 Å². The van der Waals surface area contributed by atoms with Crippen molar-refractivity contribution in [2.45, 2.75) is 46.8 Å². The second kappa shape index (κ2) is 8.93. The highest BCUT2D eigenvalue weighted by molar-refractivity contribution is 5.97. The second-order valence-electron chi connectivity index (χ2n) is 8.94. The van der Waals surface area contributed by atoms with Crippen molar-refractivity contribution in [3.63, 3.8) is 0 Å². The van der Waals surface area contributed by atoms with E-state index in [1.54, 1.807) is 0 Å². The summed E-state index contributed by atoms with van der Waals surface area (Å²) in [5, 5.41) is 3.37. The van der Waals surface area contributed by atoms with E-state index >= 15 is 0 Å². The molecule has 1 saturated heterocycles. The Labute approximate surface area is 190 Å². The molecule has 1 N–H and O–H groups in total. The fourth-order valence-electron chi connectivity index (χ4n) is 4.54. The molecule has 0 spiro atoms. The van der Waals surface area contributed by atoms with Gasteiger partial charge in [0.15, 0.2) is 0 Å². The van der Waals surface area contributed by atoms with Crippen molar-refractivity contribution in [3.8, 4) is 11.1 Å². The Balaban J connectivity index is 1.94. The molecule has 0 saturated carbocycles. The molecule has 1 aromatic carbocycles. The van der Waals surface area contributed by atoms with Gasteiger partial charge in [-0.2, -0.15) is 0 Å². The average Bonchev–Trinajstić information content (AvgIpc) is 3.15. The van der Waals surface area contributed by atoms with Gasteiger partial charge in [-0.15, -0.1) is 0 Å². The molecule has 4 rings (SSSR count). The maximum Gasteiger partial charge on any atom is 0.338 e. The van der Waals surface area contributed by atoms with Crippen LogP contribution in [0.25, 0.3) is 22.2 Å². The predicted molar refractivity (Wildman–Crippen MR) is 129 cm³/mol. The number of pyridine rings is 1. The summed E-state index contributed by atoms with van der Waals surface area (Å²) >= 11 is 0. The van der Waals surface area contributed by atoms with Gasteiger partial charge in [-0.1, -0.05) is 35.9 Å². The van der Waals surface area contributed by atoms with Crippen molar-refractivity contribution in [3.05, 3.63) is 71.1 Å². The summed E-state index contributed by atoms with van der Waals surface area (Å²) in [6.45, 7) is 16.5. The van der Waals surface area contributed by atoms with Crippen molar-refractivity contribution >= 4 is 17.1 Å². The monoisotopic (exact) mass is 432 g/mol. The molecule has 0 radical (unpaired) electrons. The van der Waals surface area contributed by atoms with Gasteiger partial charge in [-0.3, -0.25) is 0 Å². The number of nitrogens with zero attached hydrogens (tertiary/aromatic N) is 1. The number of morpholine rings is 1. The minimum Gasteiger partial charge on any atom is -0.459 e. The Kier molecular flexibility index (Phi) is 6.22. The highest BCUT2D eigenvalue weighted by Gasteiger charge is 2.26. The van der Waals surface area contributed by atoms with Gasteiger partial charge in [0.25, 0.3) is 0 Å². The number of aromatic nitrogens is 1. The first-order valence-corrected chi connectivity index (χ1v) is 11.2. The Morgan fingerprint density at radius 1 is 1.19 bits per heavy atom. The molecule has 1 aliphatic rings. The molecule has 168 valence electrons. The maximum atomic E-state index is 13.0. The molecule has 0 bridgehead atoms. The normalized spacial score (nSPS) is 16.5. The van der Waals surface area contributed by atoms with Crippen LogP contribution in [0.15, 0.2) is 43.1 Å². The molecule has 32 heavy (non-hydrogen) atoms. The molecule has 5 nitrogen and oxygen atoms in total. The van der Waals surface area contributed by atoms with Crippen LogP contribution in [0.1, 0.15) is 46.6 Å². The molecule has 3 aromatic rings. The first-order chi connectivity index (χ1) is 15.3. The van der Waals surface area contributed by atoms with Gasteiger partial charge < -0.3 is 19.2 Å². The summed E-state index contributed by atoms with van der Waals surface area (Å²) in [5.74, 6) is -0.315. The molecule has 5 heteroatoms. The lowest BCUT2D eigenvalue weighted by Gasteiger charge is -2.27. The summed E-state index contributed by atoms with van der Waals surface area (Å²) in [7, 11) is 0. The van der Waals surface area contributed by atoms with Gasteiger partial charge >= 0.3 is 5.97 Å². The minimum absolute atomic E-state index is 0.144. The van der Waals surface area contributed by atoms with E-state index in [0.29, 0.717) is 18.7 Å². The standard InChI is InChI=1S/C27H32N2O3/c1-16(2)32-27(30)23-14-24-22(21-12-17(3)11-18(4)13-21)7-9-29(24)26(19(23)5)20(6)25-15-28-8-10-31-25/h7,9,11-14,16,25,28H,6,8,10,15H2,1-5H3. The number of ether oxygens (including phenoxy) is 2. The van der Waals surface area contributed by atoms with Crippen LogP contribution in [0.2, 0.25) is 0 Å². The highest BCUT2D eigenvalue weighted by Crippen LogP contribution is 2.34. The van der Waals surface area contributed by atoms with Gasteiger partial charge in [0.05, 0.1) is 35.6 Å². The van der Waals surface area contributed by atoms with E-state index < -0.39 is 0 Å². The van der Waals surface area contributed by atoms with Gasteiger partial charge in [-0.05, 0) is 63.5 Å². The summed E-state index contributed by atoms with van der Waals surface area (Å²) in [6, 6.07) is 10.6. The third kappa shape index (κ3) is 4.23. The fraction of sp³-hybridized carbons (Fsp3) is 0.370. The van der Waals surface area contributed by atoms with Gasteiger partial charge in [0.1, 0.15) is 0 Å². The Bertz CT molecular complexity index is 1160. The lowest BCUT2D eigenvalue weighted by Crippen LogP contribution is -2.39. The van der Waals surface area contributed by atoms with Crippen LogP contribution in [0.5, 0.6) is 0 Å². The zero-order valence-corrected chi connectivity index (χ0v) is 19.6. The van der Waals surface area contributed by atoms with E-state index in [0.717, 1.165) is 40.0 Å². The Morgan fingerprint density at radius 2 is 1.91 bits per heavy atom. The number of rotatable bonds is 5. The summed E-state index contributed by atoms with van der Waals surface area (Å²) in [5.41, 5.74) is 8.76. The lowest BCUT2D eigenvalue weighted by atomic mass is 9.96. The number of fused-ring (bicyclic) bond motifs is 1. The third-order valence-corrected chi connectivity index (χ3v) is 5.92. The van der Waals surface area contributed by atoms with Crippen LogP contribution in [-0.2, 0) is 9.47 Å². The van der Waals surface area contributed by atoms with Gasteiger partial charge in [-0.25, -0.2) is 4.79 Å². The van der Waals surface area contributed by atoms with Crippen LogP contribution >= 0.6 is 0 Å². The molecule has 3 heterocycles. The average molecular weight is 433 g/mol. The van der Waals surface area contributed by atoms with E-state index in [2.05, 4.69) is 60.6 Å². The van der Waals surface area contributed by atoms with Crippen LogP contribution < -0.4 is 5.32 Å². The topological polar surface area (TPSA) is 52.0 Å². The van der Waals surface area contributed by atoms with Crippen molar-refractivity contribution in [2.24, 2.45) is 0 Å². The SMILES string of the molecule is C=C(c1c(C)c(C(=O)OC(C)C)cc2c(-c3cc(C)cc(C)c3)ccn12)C1CNCCO1. The number of carbonyl (C=O) groups is 1. The fourth-order valence-corrected chi connectivity index (χ4v) is 4.54. The number of hydrogen-bond acceptors (Lipinski definition) is 4. The third-order valence-electron chi connectivity index (χ3n) is 5.92. The number of esters is 1. The molecular weight excluding hydrogens is 400 g/mol. The van der Waals surface area contributed by atoms with Crippen LogP contribution in [0, 0.1) is 20.8 Å². The number of carbonyl (C=O) groups excluding carboxylic acids is 1. The molecule has 2 aromatic heterocycles. The van der Waals surface area contributed by atoms with Crippen LogP contribution in [0.3, 0.4) is 0 Å². The molecule has 0 aliphatic carbocycles. The Hall–Kier alpha value is -2.89. The van der Waals surface area contributed by atoms with E-state index in [9.17, 15) is 4.79 Å².